The maximum atomic E-state index is 9.85. The molecular formula is C13H18O. The summed E-state index contributed by atoms with van der Waals surface area (Å²) in [7, 11) is 0. The molecule has 0 heterocycles. The maximum Gasteiger partial charge on any atom is 0.0792 e. The van der Waals surface area contributed by atoms with E-state index in [1.54, 1.807) is 0 Å². The number of fused-ring (bicyclic) bond motifs is 1. The van der Waals surface area contributed by atoms with Gasteiger partial charge in [-0.1, -0.05) is 31.5 Å². The number of rotatable bonds is 2. The molecule has 0 aliphatic heterocycles. The van der Waals surface area contributed by atoms with Gasteiger partial charge in [-0.15, -0.1) is 0 Å². The van der Waals surface area contributed by atoms with Crippen LogP contribution < -0.4 is 0 Å². The van der Waals surface area contributed by atoms with Crippen molar-refractivity contribution in [3.63, 3.8) is 0 Å². The van der Waals surface area contributed by atoms with Crippen molar-refractivity contribution in [1.29, 1.82) is 0 Å². The molecule has 1 atom stereocenters. The Morgan fingerprint density at radius 2 is 2.29 bits per heavy atom. The molecule has 0 spiro atoms. The highest BCUT2D eigenvalue weighted by atomic mass is 16.3. The Morgan fingerprint density at radius 1 is 1.43 bits per heavy atom. The summed E-state index contributed by atoms with van der Waals surface area (Å²) in [5, 5.41) is 9.85. The van der Waals surface area contributed by atoms with Crippen molar-refractivity contribution in [3.8, 4) is 0 Å². The van der Waals surface area contributed by atoms with Crippen molar-refractivity contribution in [2.75, 3.05) is 0 Å². The summed E-state index contributed by atoms with van der Waals surface area (Å²) in [4.78, 5) is 0. The third kappa shape index (κ3) is 1.83. The quantitative estimate of drug-likeness (QED) is 0.760. The third-order valence-corrected chi connectivity index (χ3v) is 3.03. The average Bonchev–Trinajstić information content (AvgIpc) is 2.20. The molecule has 0 saturated heterocycles. The molecule has 1 heteroatoms. The zero-order valence-corrected chi connectivity index (χ0v) is 8.79. The summed E-state index contributed by atoms with van der Waals surface area (Å²) in [6.45, 7) is 2.19. The molecule has 1 aliphatic carbocycles. The molecule has 1 aliphatic rings. The topological polar surface area (TPSA) is 20.2 Å². The molecule has 76 valence electrons. The second-order valence-electron chi connectivity index (χ2n) is 4.19. The van der Waals surface area contributed by atoms with Crippen molar-refractivity contribution in [3.05, 3.63) is 34.9 Å². The van der Waals surface area contributed by atoms with Crippen LogP contribution in [0.2, 0.25) is 0 Å². The van der Waals surface area contributed by atoms with Gasteiger partial charge in [0.2, 0.25) is 0 Å². The van der Waals surface area contributed by atoms with Crippen LogP contribution in [-0.4, -0.2) is 5.11 Å². The molecule has 14 heavy (non-hydrogen) atoms. The van der Waals surface area contributed by atoms with Crippen LogP contribution >= 0.6 is 0 Å². The standard InChI is InChI=1S/C13H18O/c1-2-4-10-7-8-11-5-3-6-13(14)12(11)9-10/h7-9,13-14H,2-6H2,1H3. The molecule has 0 aromatic heterocycles. The van der Waals surface area contributed by atoms with Crippen LogP contribution in [0.3, 0.4) is 0 Å². The molecule has 1 aromatic rings. The number of aliphatic hydroxyl groups is 1. The summed E-state index contributed by atoms with van der Waals surface area (Å²) in [5.74, 6) is 0. The first-order chi connectivity index (χ1) is 6.81. The highest BCUT2D eigenvalue weighted by Gasteiger charge is 2.17. The van der Waals surface area contributed by atoms with Gasteiger partial charge in [-0.2, -0.15) is 0 Å². The Morgan fingerprint density at radius 3 is 3.07 bits per heavy atom. The fourth-order valence-corrected chi connectivity index (χ4v) is 2.27. The molecule has 2 rings (SSSR count). The van der Waals surface area contributed by atoms with E-state index in [9.17, 15) is 5.11 Å². The van der Waals surface area contributed by atoms with Crippen LogP contribution in [0.5, 0.6) is 0 Å². The minimum atomic E-state index is -0.212. The summed E-state index contributed by atoms with van der Waals surface area (Å²) in [6, 6.07) is 6.60. The second-order valence-corrected chi connectivity index (χ2v) is 4.19. The van der Waals surface area contributed by atoms with Gasteiger partial charge in [-0.3, -0.25) is 0 Å². The zero-order valence-electron chi connectivity index (χ0n) is 8.79. The number of benzene rings is 1. The number of hydrogen-bond donors (Lipinski definition) is 1. The normalized spacial score (nSPS) is 20.6. The SMILES string of the molecule is CCCc1ccc2c(c1)C(O)CCC2. The number of hydrogen-bond acceptors (Lipinski definition) is 1. The minimum Gasteiger partial charge on any atom is -0.388 e. The van der Waals surface area contributed by atoms with Gasteiger partial charge in [0.05, 0.1) is 6.10 Å². The van der Waals surface area contributed by atoms with Crippen molar-refractivity contribution >= 4 is 0 Å². The van der Waals surface area contributed by atoms with Gasteiger partial charge in [0.25, 0.3) is 0 Å². The smallest absolute Gasteiger partial charge is 0.0792 e. The lowest BCUT2D eigenvalue weighted by atomic mass is 9.88. The van der Waals surface area contributed by atoms with E-state index < -0.39 is 0 Å². The van der Waals surface area contributed by atoms with Gasteiger partial charge in [0, 0.05) is 0 Å². The molecule has 1 aromatic carbocycles. The first-order valence-corrected chi connectivity index (χ1v) is 5.61. The summed E-state index contributed by atoms with van der Waals surface area (Å²) in [6.07, 6.45) is 5.29. The molecular weight excluding hydrogens is 172 g/mol. The first kappa shape index (κ1) is 9.72. The Labute approximate surface area is 85.8 Å². The highest BCUT2D eigenvalue weighted by molar-refractivity contribution is 5.35. The van der Waals surface area contributed by atoms with Gasteiger partial charge in [0.15, 0.2) is 0 Å². The van der Waals surface area contributed by atoms with Crippen molar-refractivity contribution in [2.24, 2.45) is 0 Å². The highest BCUT2D eigenvalue weighted by Crippen LogP contribution is 2.30. The Hall–Kier alpha value is -0.820. The van der Waals surface area contributed by atoms with Gasteiger partial charge >= 0.3 is 0 Å². The summed E-state index contributed by atoms with van der Waals surface area (Å²) >= 11 is 0. The largest absolute Gasteiger partial charge is 0.388 e. The van der Waals surface area contributed by atoms with Crippen LogP contribution in [0.4, 0.5) is 0 Å². The lowest BCUT2D eigenvalue weighted by Crippen LogP contribution is -2.09. The van der Waals surface area contributed by atoms with Crippen molar-refractivity contribution in [2.45, 2.75) is 45.1 Å². The van der Waals surface area contributed by atoms with Gasteiger partial charge in [-0.05, 0) is 42.4 Å². The summed E-state index contributed by atoms with van der Waals surface area (Å²) in [5.41, 5.74) is 3.90. The molecule has 0 radical (unpaired) electrons. The van der Waals surface area contributed by atoms with Crippen LogP contribution in [0.25, 0.3) is 0 Å². The van der Waals surface area contributed by atoms with Crippen LogP contribution in [0, 0.1) is 0 Å². The van der Waals surface area contributed by atoms with E-state index in [1.807, 2.05) is 0 Å². The molecule has 0 fully saturated rings. The van der Waals surface area contributed by atoms with Crippen LogP contribution in [0.15, 0.2) is 18.2 Å². The summed E-state index contributed by atoms with van der Waals surface area (Å²) < 4.78 is 0. The van der Waals surface area contributed by atoms with E-state index in [0.717, 1.165) is 25.7 Å². The van der Waals surface area contributed by atoms with Crippen molar-refractivity contribution in [1.82, 2.24) is 0 Å². The van der Waals surface area contributed by atoms with Crippen LogP contribution in [0.1, 0.15) is 49.0 Å². The lowest BCUT2D eigenvalue weighted by Gasteiger charge is -2.21. The number of aliphatic hydroxyl groups excluding tert-OH is 1. The Bertz CT molecular complexity index is 317. The Kier molecular flexibility index (Phi) is 2.87. The first-order valence-electron chi connectivity index (χ1n) is 5.61. The maximum absolute atomic E-state index is 9.85. The van der Waals surface area contributed by atoms with Gasteiger partial charge in [-0.25, -0.2) is 0 Å². The van der Waals surface area contributed by atoms with Crippen molar-refractivity contribution < 1.29 is 5.11 Å². The van der Waals surface area contributed by atoms with E-state index in [4.69, 9.17) is 0 Å². The minimum absolute atomic E-state index is 0.212. The van der Waals surface area contributed by atoms with Gasteiger partial charge < -0.3 is 5.11 Å². The Balaban J connectivity index is 2.31. The van der Waals surface area contributed by atoms with Crippen LogP contribution in [-0.2, 0) is 12.8 Å². The fraction of sp³-hybridized carbons (Fsp3) is 0.538. The van der Waals surface area contributed by atoms with E-state index in [2.05, 4.69) is 25.1 Å². The predicted molar refractivity (Wildman–Crippen MR) is 58.3 cm³/mol. The molecule has 0 amide bonds. The second kappa shape index (κ2) is 4.14. The fourth-order valence-electron chi connectivity index (χ4n) is 2.27. The molecule has 0 bridgehead atoms. The predicted octanol–water partition coefficient (Wildman–Crippen LogP) is 3.01. The van der Waals surface area contributed by atoms with E-state index in [-0.39, 0.29) is 6.10 Å². The monoisotopic (exact) mass is 190 g/mol. The van der Waals surface area contributed by atoms with E-state index in [1.165, 1.54) is 23.1 Å². The van der Waals surface area contributed by atoms with E-state index >= 15 is 0 Å². The number of aryl methyl sites for hydroxylation is 2. The third-order valence-electron chi connectivity index (χ3n) is 3.03. The average molecular weight is 190 g/mol. The molecule has 1 nitrogen and oxygen atoms in total. The zero-order chi connectivity index (χ0) is 9.97. The van der Waals surface area contributed by atoms with E-state index in [0.29, 0.717) is 0 Å². The molecule has 1 unspecified atom stereocenters. The lowest BCUT2D eigenvalue weighted by molar-refractivity contribution is 0.156. The van der Waals surface area contributed by atoms with Gasteiger partial charge in [0.1, 0.15) is 0 Å². The molecule has 0 saturated carbocycles. The molecule has 1 N–H and O–H groups in total.